The van der Waals surface area contributed by atoms with Crippen molar-refractivity contribution in [3.63, 3.8) is 0 Å². The smallest absolute Gasteiger partial charge is 0.243 e. The lowest BCUT2D eigenvalue weighted by Crippen LogP contribution is -2.43. The van der Waals surface area contributed by atoms with Gasteiger partial charge in [-0.1, -0.05) is 48.0 Å². The number of aromatic nitrogens is 2. The van der Waals surface area contributed by atoms with E-state index in [0.717, 1.165) is 75.7 Å². The minimum Gasteiger partial charge on any atom is -0.351 e. The van der Waals surface area contributed by atoms with E-state index in [1.807, 2.05) is 25.1 Å². The second-order valence-electron chi connectivity index (χ2n) is 12.9. The van der Waals surface area contributed by atoms with E-state index in [1.165, 1.54) is 36.8 Å². The fourth-order valence-corrected chi connectivity index (χ4v) is 7.01. The van der Waals surface area contributed by atoms with Gasteiger partial charge in [0.2, 0.25) is 11.9 Å². The van der Waals surface area contributed by atoms with Gasteiger partial charge in [0.25, 0.3) is 0 Å². The summed E-state index contributed by atoms with van der Waals surface area (Å²) in [4.78, 5) is 23.8. The third kappa shape index (κ3) is 9.37. The van der Waals surface area contributed by atoms with Crippen LogP contribution < -0.4 is 16.0 Å². The fourth-order valence-electron chi connectivity index (χ4n) is 6.82. The predicted molar refractivity (Wildman–Crippen MR) is 177 cm³/mol. The number of nitrogens with one attached hydrogen (secondary N) is 3. The molecular weight excluding hydrogens is 556 g/mol. The molecule has 1 amide bonds. The van der Waals surface area contributed by atoms with Crippen LogP contribution in [0.25, 0.3) is 5.57 Å². The number of hydrogen-bond donors (Lipinski definition) is 3. The first-order chi connectivity index (χ1) is 20.9. The van der Waals surface area contributed by atoms with Crippen LogP contribution in [0.2, 0.25) is 5.02 Å². The summed E-state index contributed by atoms with van der Waals surface area (Å²) in [7, 11) is 4.00. The van der Waals surface area contributed by atoms with Gasteiger partial charge in [-0.2, -0.15) is 0 Å². The first kappa shape index (κ1) is 31.7. The molecule has 0 radical (unpaired) electrons. The molecule has 0 unspecified atom stereocenters. The Balaban J connectivity index is 1.11. The van der Waals surface area contributed by atoms with Crippen molar-refractivity contribution in [2.75, 3.05) is 32.5 Å². The van der Waals surface area contributed by atoms with Crippen molar-refractivity contribution in [1.82, 2.24) is 25.5 Å². The summed E-state index contributed by atoms with van der Waals surface area (Å²) in [6, 6.07) is 9.79. The third-order valence-electron chi connectivity index (χ3n) is 9.19. The second-order valence-corrected chi connectivity index (χ2v) is 13.3. The Bertz CT molecular complexity index is 1270. The fraction of sp³-hybridized carbons (Fsp3) is 0.571. The van der Waals surface area contributed by atoms with Gasteiger partial charge in [-0.25, -0.2) is 9.97 Å². The number of halogens is 1. The zero-order valence-electron chi connectivity index (χ0n) is 26.0. The van der Waals surface area contributed by atoms with Crippen molar-refractivity contribution in [3.05, 3.63) is 70.5 Å². The van der Waals surface area contributed by atoms with Crippen LogP contribution in [0.5, 0.6) is 0 Å². The highest BCUT2D eigenvalue weighted by molar-refractivity contribution is 6.32. The molecule has 5 rings (SSSR count). The normalized spacial score (nSPS) is 25.8. The molecule has 2 aromatic rings. The summed E-state index contributed by atoms with van der Waals surface area (Å²) < 4.78 is 0. The molecule has 0 aliphatic heterocycles. The molecule has 3 aliphatic carbocycles. The molecular formula is C35H49ClN6O. The van der Waals surface area contributed by atoms with Gasteiger partial charge in [-0.05, 0) is 115 Å². The number of allylic oxidation sites excluding steroid dienone is 1. The number of benzene rings is 1. The predicted octanol–water partition coefficient (Wildman–Crippen LogP) is 6.39. The monoisotopic (exact) mass is 604 g/mol. The number of hydrogen-bond acceptors (Lipinski definition) is 6. The van der Waals surface area contributed by atoms with Crippen molar-refractivity contribution < 1.29 is 4.79 Å². The van der Waals surface area contributed by atoms with Crippen LogP contribution in [0.4, 0.5) is 5.95 Å². The maximum absolute atomic E-state index is 12.2. The zero-order chi connectivity index (χ0) is 30.0. The summed E-state index contributed by atoms with van der Waals surface area (Å²) >= 11 is 6.71. The Morgan fingerprint density at radius 2 is 1.84 bits per heavy atom. The number of carbonyl (C=O) groups is 1. The first-order valence-corrected chi connectivity index (χ1v) is 16.8. The standard InChI is InChI=1S/C35H49ClN6O/c1-42(2)21-9-16-33(43)39-27-19-17-25(18-20-27)23-37-28-12-8-13-29(22-28)40-35-38-24-32(36)34(41-35)31-15-5-3-4-10-26-11-6-7-14-30(26)31/h6-7,9,11,14-16,24-25,27-29,37H,3-5,8,10,12-13,17-23H2,1-2H3,(H,39,43)(H,38,40,41)/b16-9+,31-15+/t25-,27-,28-,29+/m0/s1. The van der Waals surface area contributed by atoms with Gasteiger partial charge in [0.15, 0.2) is 0 Å². The molecule has 1 aromatic heterocycles. The van der Waals surface area contributed by atoms with Crippen molar-refractivity contribution in [2.24, 2.45) is 5.92 Å². The zero-order valence-corrected chi connectivity index (χ0v) is 26.7. The molecule has 2 atom stereocenters. The molecule has 232 valence electrons. The number of anilines is 1. The molecule has 7 nitrogen and oxygen atoms in total. The highest BCUT2D eigenvalue weighted by Gasteiger charge is 2.26. The van der Waals surface area contributed by atoms with Gasteiger partial charge < -0.3 is 20.9 Å². The van der Waals surface area contributed by atoms with E-state index < -0.39 is 0 Å². The number of amides is 1. The van der Waals surface area contributed by atoms with Crippen LogP contribution in [0.1, 0.15) is 87.4 Å². The summed E-state index contributed by atoms with van der Waals surface area (Å²) in [5, 5.41) is 11.3. The summed E-state index contributed by atoms with van der Waals surface area (Å²) in [6.07, 6.45) is 21.2. The van der Waals surface area contributed by atoms with E-state index in [4.69, 9.17) is 16.6 Å². The van der Waals surface area contributed by atoms with Gasteiger partial charge in [-0.3, -0.25) is 4.79 Å². The molecule has 1 aromatic carbocycles. The van der Waals surface area contributed by atoms with E-state index >= 15 is 0 Å². The number of carbonyl (C=O) groups excluding carboxylic acids is 1. The maximum atomic E-state index is 12.2. The van der Waals surface area contributed by atoms with Crippen LogP contribution in [-0.2, 0) is 11.2 Å². The summed E-state index contributed by atoms with van der Waals surface area (Å²) in [6.45, 7) is 1.83. The van der Waals surface area contributed by atoms with E-state index in [1.54, 1.807) is 12.3 Å². The van der Waals surface area contributed by atoms with Gasteiger partial charge >= 0.3 is 0 Å². The second kappa shape index (κ2) is 15.8. The largest absolute Gasteiger partial charge is 0.351 e. The quantitative estimate of drug-likeness (QED) is 0.273. The van der Waals surface area contributed by atoms with Crippen LogP contribution in [-0.4, -0.2) is 66.1 Å². The Hall–Kier alpha value is -2.74. The summed E-state index contributed by atoms with van der Waals surface area (Å²) in [5.74, 6) is 1.38. The Morgan fingerprint density at radius 3 is 2.67 bits per heavy atom. The highest BCUT2D eigenvalue weighted by atomic mass is 35.5. The van der Waals surface area contributed by atoms with E-state index in [-0.39, 0.29) is 5.91 Å². The van der Waals surface area contributed by atoms with Crippen molar-refractivity contribution >= 4 is 29.0 Å². The number of likely N-dealkylation sites (N-methyl/N-ethyl adjacent to an activating group) is 1. The number of fused-ring (bicyclic) bond motifs is 1. The molecule has 3 aliphatic rings. The van der Waals surface area contributed by atoms with E-state index in [0.29, 0.717) is 35.0 Å². The number of aryl methyl sites for hydroxylation is 1. The lowest BCUT2D eigenvalue weighted by molar-refractivity contribution is -0.117. The van der Waals surface area contributed by atoms with E-state index in [2.05, 4.69) is 51.3 Å². The van der Waals surface area contributed by atoms with Crippen LogP contribution >= 0.6 is 11.6 Å². The number of nitrogens with zero attached hydrogens (tertiary/aromatic N) is 3. The van der Waals surface area contributed by atoms with Gasteiger partial charge in [0, 0.05) is 36.3 Å². The lowest BCUT2D eigenvalue weighted by atomic mass is 9.85. The summed E-state index contributed by atoms with van der Waals surface area (Å²) in [5.41, 5.74) is 4.56. The molecule has 1 heterocycles. The minimum atomic E-state index is 0.0344. The van der Waals surface area contributed by atoms with Gasteiger partial charge in [0.1, 0.15) is 0 Å². The lowest BCUT2D eigenvalue weighted by Gasteiger charge is -2.33. The molecule has 0 spiro atoms. The van der Waals surface area contributed by atoms with Crippen LogP contribution in [0.15, 0.2) is 48.7 Å². The van der Waals surface area contributed by atoms with Crippen molar-refractivity contribution in [3.8, 4) is 0 Å². The van der Waals surface area contributed by atoms with Crippen LogP contribution in [0, 0.1) is 5.92 Å². The van der Waals surface area contributed by atoms with Gasteiger partial charge in [-0.15, -0.1) is 0 Å². The first-order valence-electron chi connectivity index (χ1n) is 16.4. The molecule has 43 heavy (non-hydrogen) atoms. The minimum absolute atomic E-state index is 0.0344. The molecule has 2 saturated carbocycles. The third-order valence-corrected chi connectivity index (χ3v) is 9.47. The molecule has 2 fully saturated rings. The topological polar surface area (TPSA) is 82.2 Å². The Labute approximate surface area is 263 Å². The van der Waals surface area contributed by atoms with Crippen molar-refractivity contribution in [2.45, 2.75) is 95.2 Å². The molecule has 0 saturated heterocycles. The Morgan fingerprint density at radius 1 is 1.02 bits per heavy atom. The van der Waals surface area contributed by atoms with Crippen molar-refractivity contribution in [1.29, 1.82) is 0 Å². The maximum Gasteiger partial charge on any atom is 0.243 e. The highest BCUT2D eigenvalue weighted by Crippen LogP contribution is 2.33. The number of rotatable bonds is 10. The SMILES string of the molecule is CN(C)C/C=C/C(=O)N[C@H]1CC[C@H](CN[C@H]2CCC[C@@H](Nc3ncc(Cl)c(/C4=C/CCCCc5ccccc54)n3)C2)CC1. The van der Waals surface area contributed by atoms with Crippen LogP contribution in [0.3, 0.4) is 0 Å². The van der Waals surface area contributed by atoms with E-state index in [9.17, 15) is 4.79 Å². The average molecular weight is 605 g/mol. The average Bonchev–Trinajstić information content (AvgIpc) is 2.99. The molecule has 3 N–H and O–H groups in total. The van der Waals surface area contributed by atoms with Gasteiger partial charge in [0.05, 0.1) is 16.9 Å². The molecule has 0 bridgehead atoms. The molecule has 8 heteroatoms. The Kier molecular flexibility index (Phi) is 11.7.